The molecule has 0 radical (unpaired) electrons. The van der Waals surface area contributed by atoms with Crippen molar-refractivity contribution in [2.75, 3.05) is 26.1 Å². The van der Waals surface area contributed by atoms with Crippen LogP contribution in [0.15, 0.2) is 72.8 Å². The van der Waals surface area contributed by atoms with Gasteiger partial charge in [0.2, 0.25) is 0 Å². The first-order chi connectivity index (χ1) is 20.7. The average molecular weight is 592 g/mol. The molecule has 0 saturated heterocycles. The van der Waals surface area contributed by atoms with Crippen LogP contribution in [-0.4, -0.2) is 42.7 Å². The summed E-state index contributed by atoms with van der Waals surface area (Å²) in [5.41, 5.74) is 2.02. The third-order valence-corrected chi connectivity index (χ3v) is 6.34. The molecule has 43 heavy (non-hydrogen) atoms. The van der Waals surface area contributed by atoms with Crippen molar-refractivity contribution in [3.05, 3.63) is 102 Å². The summed E-state index contributed by atoms with van der Waals surface area (Å²) in [4.78, 5) is 34.4. The van der Waals surface area contributed by atoms with Crippen molar-refractivity contribution < 1.29 is 41.4 Å². The van der Waals surface area contributed by atoms with E-state index in [9.17, 15) is 27.2 Å². The number of halogens is 4. The van der Waals surface area contributed by atoms with Crippen LogP contribution in [-0.2, 0) is 9.53 Å². The van der Waals surface area contributed by atoms with E-state index < -0.39 is 47.4 Å². The second-order valence-electron chi connectivity index (χ2n) is 9.05. The van der Waals surface area contributed by atoms with Gasteiger partial charge in [0.25, 0.3) is 5.91 Å². The fraction of sp³-hybridized carbons (Fsp3) is 0.0968. The van der Waals surface area contributed by atoms with Gasteiger partial charge in [-0.1, -0.05) is 0 Å². The van der Waals surface area contributed by atoms with Gasteiger partial charge >= 0.3 is 5.97 Å². The summed E-state index contributed by atoms with van der Waals surface area (Å²) in [5, 5.41) is 1.67. The van der Waals surface area contributed by atoms with Gasteiger partial charge in [0.05, 0.1) is 42.2 Å². The zero-order chi connectivity index (χ0) is 30.7. The lowest BCUT2D eigenvalue weighted by Gasteiger charge is -2.12. The highest BCUT2D eigenvalue weighted by molar-refractivity contribution is 5.98. The number of aromatic nitrogens is 2. The van der Waals surface area contributed by atoms with Crippen LogP contribution < -0.4 is 14.8 Å². The lowest BCUT2D eigenvalue weighted by Crippen LogP contribution is -2.22. The molecule has 0 spiro atoms. The quantitative estimate of drug-likeness (QED) is 0.128. The van der Waals surface area contributed by atoms with Gasteiger partial charge in [-0.15, -0.1) is 0 Å². The highest BCUT2D eigenvalue weighted by Crippen LogP contribution is 2.33. The van der Waals surface area contributed by atoms with Crippen molar-refractivity contribution in [2.24, 2.45) is 0 Å². The number of anilines is 1. The molecule has 4 aromatic carbocycles. The number of benzene rings is 4. The largest absolute Gasteiger partial charge is 0.497 e. The molecule has 5 rings (SSSR count). The van der Waals surface area contributed by atoms with Crippen molar-refractivity contribution >= 4 is 28.6 Å². The molecule has 0 atom stereocenters. The monoisotopic (exact) mass is 591 g/mol. The van der Waals surface area contributed by atoms with Gasteiger partial charge in [0.15, 0.2) is 29.9 Å². The molecule has 0 aliphatic carbocycles. The van der Waals surface area contributed by atoms with Crippen LogP contribution in [0.3, 0.4) is 0 Å². The number of esters is 1. The standard InChI is InChI=1S/C31H21F4N3O5/c1-41-19-8-3-16(4-9-19)28-29(17-5-10-20(42-2)11-6-17)37-24-13-18(7-12-23(24)36-28)31(40)43-15-25(39)38-30-26(34)21(32)14-22(33)27(30)35/h3-14H,15H2,1-2H3,(H,38,39). The summed E-state index contributed by atoms with van der Waals surface area (Å²) < 4.78 is 70.0. The molecule has 0 unspecified atom stereocenters. The van der Waals surface area contributed by atoms with E-state index in [4.69, 9.17) is 24.2 Å². The maximum absolute atomic E-state index is 13.9. The van der Waals surface area contributed by atoms with Crippen molar-refractivity contribution in [1.29, 1.82) is 0 Å². The van der Waals surface area contributed by atoms with E-state index in [2.05, 4.69) is 0 Å². The van der Waals surface area contributed by atoms with Crippen molar-refractivity contribution in [1.82, 2.24) is 9.97 Å². The Kier molecular flexibility index (Phi) is 8.19. The number of ether oxygens (including phenoxy) is 3. The zero-order valence-electron chi connectivity index (χ0n) is 22.6. The molecule has 0 aliphatic heterocycles. The molecule has 5 aromatic rings. The van der Waals surface area contributed by atoms with Gasteiger partial charge in [-0.05, 0) is 66.7 Å². The Balaban J connectivity index is 1.42. The fourth-order valence-corrected chi connectivity index (χ4v) is 4.15. The third-order valence-electron chi connectivity index (χ3n) is 6.34. The summed E-state index contributed by atoms with van der Waals surface area (Å²) in [6.07, 6.45) is 0. The van der Waals surface area contributed by atoms with Crippen LogP contribution in [0.25, 0.3) is 33.5 Å². The van der Waals surface area contributed by atoms with Crippen molar-refractivity contribution in [2.45, 2.75) is 0 Å². The van der Waals surface area contributed by atoms with Gasteiger partial charge in [0.1, 0.15) is 17.2 Å². The van der Waals surface area contributed by atoms with Crippen LogP contribution >= 0.6 is 0 Å². The molecule has 0 bridgehead atoms. The van der Waals surface area contributed by atoms with Gasteiger partial charge in [-0.2, -0.15) is 0 Å². The summed E-state index contributed by atoms with van der Waals surface area (Å²) in [5.74, 6) is -7.87. The molecular formula is C31H21F4N3O5. The Morgan fingerprint density at radius 1 is 0.698 bits per heavy atom. The smallest absolute Gasteiger partial charge is 0.338 e. The minimum absolute atomic E-state index is 0.00152. The second-order valence-corrected chi connectivity index (χ2v) is 9.05. The zero-order valence-corrected chi connectivity index (χ0v) is 22.6. The molecule has 12 heteroatoms. The first kappa shape index (κ1) is 29.0. The van der Waals surface area contributed by atoms with Gasteiger partial charge in [-0.25, -0.2) is 32.3 Å². The predicted octanol–water partition coefficient (Wildman–Crippen LogP) is 6.33. The van der Waals surface area contributed by atoms with Gasteiger partial charge < -0.3 is 19.5 Å². The molecule has 1 aromatic heterocycles. The van der Waals surface area contributed by atoms with Gasteiger partial charge in [0, 0.05) is 17.2 Å². The Bertz CT molecular complexity index is 1820. The summed E-state index contributed by atoms with van der Waals surface area (Å²) >= 11 is 0. The van der Waals surface area contributed by atoms with E-state index >= 15 is 0 Å². The minimum Gasteiger partial charge on any atom is -0.497 e. The number of carbonyl (C=O) groups excluding carboxylic acids is 2. The van der Waals surface area contributed by atoms with Crippen LogP contribution in [0.2, 0.25) is 0 Å². The number of rotatable bonds is 8. The van der Waals surface area contributed by atoms with Crippen LogP contribution in [0.1, 0.15) is 10.4 Å². The molecule has 0 aliphatic rings. The second kappa shape index (κ2) is 12.1. The molecule has 1 heterocycles. The summed E-state index contributed by atoms with van der Waals surface area (Å²) in [7, 11) is 3.11. The lowest BCUT2D eigenvalue weighted by atomic mass is 10.0. The maximum Gasteiger partial charge on any atom is 0.338 e. The fourth-order valence-electron chi connectivity index (χ4n) is 4.15. The Labute approximate surface area is 241 Å². The number of hydrogen-bond donors (Lipinski definition) is 1. The Morgan fingerprint density at radius 2 is 1.21 bits per heavy atom. The highest BCUT2D eigenvalue weighted by Gasteiger charge is 2.22. The number of methoxy groups -OCH3 is 2. The van der Waals surface area contributed by atoms with E-state index in [0.717, 1.165) is 11.1 Å². The summed E-state index contributed by atoms with van der Waals surface area (Å²) in [6, 6.07) is 18.8. The molecule has 1 amide bonds. The van der Waals surface area contributed by atoms with Crippen LogP contribution in [0.5, 0.6) is 11.5 Å². The molecule has 0 saturated carbocycles. The number of fused-ring (bicyclic) bond motifs is 1. The van der Waals surface area contributed by atoms with Gasteiger partial charge in [-0.3, -0.25) is 4.79 Å². The normalized spacial score (nSPS) is 10.8. The highest BCUT2D eigenvalue weighted by atomic mass is 19.2. The molecule has 218 valence electrons. The first-order valence-electron chi connectivity index (χ1n) is 12.6. The van der Waals surface area contributed by atoms with E-state index in [1.54, 1.807) is 49.9 Å². The van der Waals surface area contributed by atoms with Crippen molar-refractivity contribution in [3.8, 4) is 34.0 Å². The maximum atomic E-state index is 13.9. The molecule has 1 N–H and O–H groups in total. The SMILES string of the molecule is COc1ccc(-c2nc3ccc(C(=O)OCC(=O)Nc4c(F)c(F)cc(F)c4F)cc3nc2-c2ccc(OC)cc2)cc1. The molecular weight excluding hydrogens is 570 g/mol. The molecule has 0 fully saturated rings. The van der Waals surface area contributed by atoms with Crippen molar-refractivity contribution in [3.63, 3.8) is 0 Å². The number of nitrogens with zero attached hydrogens (tertiary/aromatic N) is 2. The number of nitrogens with one attached hydrogen (secondary N) is 1. The number of carbonyl (C=O) groups is 2. The third kappa shape index (κ3) is 6.08. The first-order valence-corrected chi connectivity index (χ1v) is 12.6. The average Bonchev–Trinajstić information content (AvgIpc) is 3.03. The van der Waals surface area contributed by atoms with E-state index in [1.165, 1.54) is 12.1 Å². The number of hydrogen-bond acceptors (Lipinski definition) is 7. The van der Waals surface area contributed by atoms with E-state index in [1.807, 2.05) is 24.3 Å². The van der Waals surface area contributed by atoms with Crippen LogP contribution in [0.4, 0.5) is 23.2 Å². The topological polar surface area (TPSA) is 99.6 Å². The Hall–Kier alpha value is -5.52. The minimum atomic E-state index is -1.80. The van der Waals surface area contributed by atoms with E-state index in [-0.39, 0.29) is 11.6 Å². The summed E-state index contributed by atoms with van der Waals surface area (Å²) in [6.45, 7) is -0.993. The molecule has 8 nitrogen and oxygen atoms in total. The Morgan fingerprint density at radius 3 is 1.72 bits per heavy atom. The lowest BCUT2D eigenvalue weighted by molar-refractivity contribution is -0.119. The van der Waals surface area contributed by atoms with Crippen LogP contribution in [0, 0.1) is 23.3 Å². The van der Waals surface area contributed by atoms with E-state index in [0.29, 0.717) is 33.9 Å². The predicted molar refractivity (Wildman–Crippen MR) is 149 cm³/mol. The number of amides is 1.